The predicted molar refractivity (Wildman–Crippen MR) is 81.7 cm³/mol. The largest absolute Gasteiger partial charge is 0.381 e. The average Bonchev–Trinajstić information content (AvgIpc) is 2.92. The Balaban J connectivity index is 1.97. The SMILES string of the molecule is CCN(Cc1cccs1)CC1(CNC)CCCOC1. The normalized spacial score (nSPS) is 23.9. The number of hydrogen-bond acceptors (Lipinski definition) is 4. The van der Waals surface area contributed by atoms with Crippen molar-refractivity contribution in [2.75, 3.05) is 39.9 Å². The fourth-order valence-corrected chi connectivity index (χ4v) is 3.73. The van der Waals surface area contributed by atoms with Crippen LogP contribution in [-0.4, -0.2) is 44.8 Å². The Morgan fingerprint density at radius 3 is 3.00 bits per heavy atom. The topological polar surface area (TPSA) is 24.5 Å². The van der Waals surface area contributed by atoms with Crippen LogP contribution in [0.2, 0.25) is 0 Å². The lowest BCUT2D eigenvalue weighted by atomic mass is 9.81. The molecule has 1 aromatic heterocycles. The van der Waals surface area contributed by atoms with Crippen LogP contribution >= 0.6 is 11.3 Å². The number of hydrogen-bond donors (Lipinski definition) is 1. The number of nitrogens with one attached hydrogen (secondary N) is 1. The monoisotopic (exact) mass is 282 g/mol. The van der Waals surface area contributed by atoms with Gasteiger partial charge in [-0.2, -0.15) is 0 Å². The van der Waals surface area contributed by atoms with E-state index in [1.54, 1.807) is 0 Å². The van der Waals surface area contributed by atoms with E-state index in [1.807, 2.05) is 18.4 Å². The summed E-state index contributed by atoms with van der Waals surface area (Å²) >= 11 is 1.85. The van der Waals surface area contributed by atoms with E-state index in [9.17, 15) is 0 Å². The van der Waals surface area contributed by atoms with Crippen LogP contribution < -0.4 is 5.32 Å². The lowest BCUT2D eigenvalue weighted by Crippen LogP contribution is -2.48. The summed E-state index contributed by atoms with van der Waals surface area (Å²) in [6.07, 6.45) is 2.47. The molecule has 19 heavy (non-hydrogen) atoms. The maximum Gasteiger partial charge on any atom is 0.0546 e. The van der Waals surface area contributed by atoms with E-state index in [0.29, 0.717) is 5.41 Å². The van der Waals surface area contributed by atoms with Crippen LogP contribution in [-0.2, 0) is 11.3 Å². The third kappa shape index (κ3) is 4.28. The summed E-state index contributed by atoms with van der Waals surface area (Å²) in [6.45, 7) is 8.43. The van der Waals surface area contributed by atoms with E-state index in [0.717, 1.165) is 39.4 Å². The van der Waals surface area contributed by atoms with E-state index in [-0.39, 0.29) is 0 Å². The van der Waals surface area contributed by atoms with Crippen molar-refractivity contribution in [2.45, 2.75) is 26.3 Å². The van der Waals surface area contributed by atoms with Gasteiger partial charge in [0.05, 0.1) is 6.61 Å². The molecule has 108 valence electrons. The van der Waals surface area contributed by atoms with Crippen LogP contribution in [0.4, 0.5) is 0 Å². The summed E-state index contributed by atoms with van der Waals surface area (Å²) in [4.78, 5) is 4.01. The van der Waals surface area contributed by atoms with Crippen LogP contribution in [0.25, 0.3) is 0 Å². The molecule has 2 heterocycles. The number of rotatable bonds is 7. The molecule has 1 unspecified atom stereocenters. The Hall–Kier alpha value is -0.420. The smallest absolute Gasteiger partial charge is 0.0546 e. The quantitative estimate of drug-likeness (QED) is 0.832. The Labute approximate surface area is 121 Å². The number of ether oxygens (including phenoxy) is 1. The second-order valence-electron chi connectivity index (χ2n) is 5.57. The first-order valence-corrected chi connectivity index (χ1v) is 8.13. The van der Waals surface area contributed by atoms with Crippen molar-refractivity contribution in [3.63, 3.8) is 0 Å². The summed E-state index contributed by atoms with van der Waals surface area (Å²) in [5.74, 6) is 0. The molecule has 0 spiro atoms. The Morgan fingerprint density at radius 2 is 2.42 bits per heavy atom. The highest BCUT2D eigenvalue weighted by Crippen LogP contribution is 2.29. The molecule has 1 N–H and O–H groups in total. The van der Waals surface area contributed by atoms with Gasteiger partial charge in [-0.05, 0) is 37.9 Å². The minimum atomic E-state index is 0.292. The summed E-state index contributed by atoms with van der Waals surface area (Å²) in [6, 6.07) is 4.37. The first kappa shape index (κ1) is 15.0. The van der Waals surface area contributed by atoms with Gasteiger partial charge < -0.3 is 10.1 Å². The Kier molecular flexibility index (Phi) is 5.82. The van der Waals surface area contributed by atoms with Crippen LogP contribution in [0, 0.1) is 5.41 Å². The lowest BCUT2D eigenvalue weighted by molar-refractivity contribution is -0.0258. The van der Waals surface area contributed by atoms with Crippen molar-refractivity contribution in [1.29, 1.82) is 0 Å². The fraction of sp³-hybridized carbons (Fsp3) is 0.733. The second kappa shape index (κ2) is 7.39. The van der Waals surface area contributed by atoms with Gasteiger partial charge in [0.25, 0.3) is 0 Å². The molecule has 0 bridgehead atoms. The Morgan fingerprint density at radius 1 is 1.53 bits per heavy atom. The second-order valence-corrected chi connectivity index (χ2v) is 6.60. The molecule has 1 aliphatic rings. The van der Waals surface area contributed by atoms with Crippen molar-refractivity contribution in [2.24, 2.45) is 5.41 Å². The Bertz CT molecular complexity index is 342. The summed E-state index contributed by atoms with van der Waals surface area (Å²) < 4.78 is 5.75. The van der Waals surface area contributed by atoms with Crippen molar-refractivity contribution < 1.29 is 4.74 Å². The third-order valence-corrected chi connectivity index (χ3v) is 4.78. The van der Waals surface area contributed by atoms with Crippen molar-refractivity contribution in [1.82, 2.24) is 10.2 Å². The van der Waals surface area contributed by atoms with Crippen LogP contribution in [0.15, 0.2) is 17.5 Å². The van der Waals surface area contributed by atoms with Gasteiger partial charge in [-0.25, -0.2) is 0 Å². The van der Waals surface area contributed by atoms with Crippen molar-refractivity contribution >= 4 is 11.3 Å². The molecule has 0 aliphatic carbocycles. The van der Waals surface area contributed by atoms with E-state index in [1.165, 1.54) is 17.7 Å². The highest BCUT2D eigenvalue weighted by molar-refractivity contribution is 7.09. The van der Waals surface area contributed by atoms with E-state index >= 15 is 0 Å². The molecule has 3 nitrogen and oxygen atoms in total. The average molecular weight is 282 g/mol. The maximum absolute atomic E-state index is 5.75. The molecule has 0 saturated carbocycles. The molecule has 1 aromatic rings. The van der Waals surface area contributed by atoms with Gasteiger partial charge in [-0.15, -0.1) is 11.3 Å². The molecule has 0 aromatic carbocycles. The zero-order chi connectivity index (χ0) is 13.6. The minimum absolute atomic E-state index is 0.292. The van der Waals surface area contributed by atoms with Crippen LogP contribution in [0.5, 0.6) is 0 Å². The van der Waals surface area contributed by atoms with Crippen LogP contribution in [0.3, 0.4) is 0 Å². The molecule has 2 rings (SSSR count). The third-order valence-electron chi connectivity index (χ3n) is 3.92. The molecule has 1 aliphatic heterocycles. The maximum atomic E-state index is 5.75. The van der Waals surface area contributed by atoms with E-state index in [4.69, 9.17) is 4.74 Å². The van der Waals surface area contributed by atoms with Crippen LogP contribution in [0.1, 0.15) is 24.6 Å². The predicted octanol–water partition coefficient (Wildman–Crippen LogP) is 2.59. The molecule has 1 fully saturated rings. The van der Waals surface area contributed by atoms with Gasteiger partial charge in [0.2, 0.25) is 0 Å². The van der Waals surface area contributed by atoms with Gasteiger partial charge >= 0.3 is 0 Å². The molecule has 1 atom stereocenters. The molecular formula is C15H26N2OS. The molecule has 4 heteroatoms. The van der Waals surface area contributed by atoms with Crippen molar-refractivity contribution in [3.05, 3.63) is 22.4 Å². The first-order valence-electron chi connectivity index (χ1n) is 7.25. The van der Waals surface area contributed by atoms with Gasteiger partial charge in [-0.1, -0.05) is 13.0 Å². The van der Waals surface area contributed by atoms with E-state index < -0.39 is 0 Å². The van der Waals surface area contributed by atoms with Gasteiger partial charge in [0.1, 0.15) is 0 Å². The zero-order valence-corrected chi connectivity index (χ0v) is 13.0. The minimum Gasteiger partial charge on any atom is -0.381 e. The summed E-state index contributed by atoms with van der Waals surface area (Å²) in [5.41, 5.74) is 0.292. The lowest BCUT2D eigenvalue weighted by Gasteiger charge is -2.40. The highest BCUT2D eigenvalue weighted by atomic mass is 32.1. The van der Waals surface area contributed by atoms with E-state index in [2.05, 4.69) is 34.7 Å². The van der Waals surface area contributed by atoms with Gasteiger partial charge in [-0.3, -0.25) is 4.90 Å². The molecule has 1 saturated heterocycles. The summed E-state index contributed by atoms with van der Waals surface area (Å²) in [7, 11) is 2.05. The fourth-order valence-electron chi connectivity index (χ4n) is 2.98. The van der Waals surface area contributed by atoms with Crippen molar-refractivity contribution in [3.8, 4) is 0 Å². The van der Waals surface area contributed by atoms with Gasteiger partial charge in [0.15, 0.2) is 0 Å². The zero-order valence-electron chi connectivity index (χ0n) is 12.2. The molecule has 0 amide bonds. The number of nitrogens with zero attached hydrogens (tertiary/aromatic N) is 1. The highest BCUT2D eigenvalue weighted by Gasteiger charge is 2.33. The molecule has 0 radical (unpaired) electrons. The van der Waals surface area contributed by atoms with Gasteiger partial charge in [0, 0.05) is 36.5 Å². The summed E-state index contributed by atoms with van der Waals surface area (Å²) in [5, 5.41) is 5.53. The first-order chi connectivity index (χ1) is 9.28. The number of thiophene rings is 1. The molecular weight excluding hydrogens is 256 g/mol. The standard InChI is InChI=1S/C15H26N2OS/c1-3-17(10-14-6-4-9-19-14)12-15(11-16-2)7-5-8-18-13-15/h4,6,9,16H,3,5,7-8,10-13H2,1-2H3.